The minimum absolute atomic E-state index is 0.0819. The molecule has 1 aliphatic carbocycles. The number of hydrogen-bond acceptors (Lipinski definition) is 3. The van der Waals surface area contributed by atoms with Gasteiger partial charge in [0.05, 0.1) is 13.0 Å². The molecular formula is C16H19NO4. The van der Waals surface area contributed by atoms with Crippen molar-refractivity contribution in [2.24, 2.45) is 5.92 Å². The number of carboxylic acid groups (broad SMARTS) is 1. The van der Waals surface area contributed by atoms with Crippen LogP contribution in [0.15, 0.2) is 36.4 Å². The maximum atomic E-state index is 11.9. The molecule has 0 radical (unpaired) electrons. The highest BCUT2D eigenvalue weighted by molar-refractivity contribution is 5.78. The van der Waals surface area contributed by atoms with Crippen LogP contribution in [0, 0.1) is 5.92 Å². The first-order valence-corrected chi connectivity index (χ1v) is 6.92. The number of aliphatic carboxylic acids is 1. The van der Waals surface area contributed by atoms with Gasteiger partial charge >= 0.3 is 5.97 Å². The minimum atomic E-state index is -0.850. The maximum Gasteiger partial charge on any atom is 0.310 e. The van der Waals surface area contributed by atoms with E-state index in [-0.39, 0.29) is 11.9 Å². The standard InChI is InChI=1S/C16H19NO4/c1-21-14-5-3-2-4-11(14)7-9-15(18)17-13-8-6-12(10-13)16(19)20/h2-6,8,12-13H,7,9-10H2,1H3,(H,17,18)(H,19,20). The predicted molar refractivity (Wildman–Crippen MR) is 78.1 cm³/mol. The number of rotatable bonds is 6. The van der Waals surface area contributed by atoms with Gasteiger partial charge in [0, 0.05) is 12.5 Å². The van der Waals surface area contributed by atoms with Crippen molar-refractivity contribution in [2.75, 3.05) is 7.11 Å². The maximum absolute atomic E-state index is 11.9. The van der Waals surface area contributed by atoms with E-state index in [1.54, 1.807) is 19.3 Å². The first kappa shape index (κ1) is 15.1. The van der Waals surface area contributed by atoms with Crippen LogP contribution in [0.5, 0.6) is 5.75 Å². The Morgan fingerprint density at radius 1 is 1.33 bits per heavy atom. The molecule has 0 spiro atoms. The van der Waals surface area contributed by atoms with Gasteiger partial charge in [-0.1, -0.05) is 30.4 Å². The van der Waals surface area contributed by atoms with Crippen molar-refractivity contribution in [3.63, 3.8) is 0 Å². The fourth-order valence-corrected chi connectivity index (χ4v) is 2.43. The molecule has 2 atom stereocenters. The Morgan fingerprint density at radius 2 is 2.10 bits per heavy atom. The largest absolute Gasteiger partial charge is 0.496 e. The zero-order valence-corrected chi connectivity index (χ0v) is 11.9. The monoisotopic (exact) mass is 289 g/mol. The van der Waals surface area contributed by atoms with Gasteiger partial charge in [-0.3, -0.25) is 9.59 Å². The lowest BCUT2D eigenvalue weighted by molar-refractivity contribution is -0.140. The van der Waals surface area contributed by atoms with E-state index in [1.165, 1.54) is 0 Å². The molecule has 2 N–H and O–H groups in total. The molecule has 1 amide bonds. The highest BCUT2D eigenvalue weighted by atomic mass is 16.5. The van der Waals surface area contributed by atoms with E-state index in [9.17, 15) is 9.59 Å². The number of ether oxygens (including phenoxy) is 1. The highest BCUT2D eigenvalue weighted by Gasteiger charge is 2.25. The van der Waals surface area contributed by atoms with Gasteiger partial charge in [-0.15, -0.1) is 0 Å². The third-order valence-corrected chi connectivity index (χ3v) is 3.56. The van der Waals surface area contributed by atoms with Gasteiger partial charge in [-0.05, 0) is 24.5 Å². The molecular weight excluding hydrogens is 270 g/mol. The van der Waals surface area contributed by atoms with Gasteiger partial charge in [0.1, 0.15) is 5.75 Å². The van der Waals surface area contributed by atoms with Crippen LogP contribution in [-0.4, -0.2) is 30.1 Å². The van der Waals surface area contributed by atoms with Gasteiger partial charge in [0.2, 0.25) is 5.91 Å². The first-order valence-electron chi connectivity index (χ1n) is 6.92. The number of methoxy groups -OCH3 is 1. The van der Waals surface area contributed by atoms with Crippen LogP contribution >= 0.6 is 0 Å². The quantitative estimate of drug-likeness (QED) is 0.783. The van der Waals surface area contributed by atoms with E-state index in [2.05, 4.69) is 5.32 Å². The summed E-state index contributed by atoms with van der Waals surface area (Å²) in [6, 6.07) is 7.41. The van der Waals surface area contributed by atoms with Crippen molar-refractivity contribution in [1.29, 1.82) is 0 Å². The molecule has 0 saturated carbocycles. The lowest BCUT2D eigenvalue weighted by Crippen LogP contribution is -2.33. The fraction of sp³-hybridized carbons (Fsp3) is 0.375. The van der Waals surface area contributed by atoms with Crippen LogP contribution in [0.1, 0.15) is 18.4 Å². The average molecular weight is 289 g/mol. The molecule has 5 heteroatoms. The Bertz CT molecular complexity index is 553. The summed E-state index contributed by atoms with van der Waals surface area (Å²) in [4.78, 5) is 22.8. The number of aryl methyl sites for hydroxylation is 1. The smallest absolute Gasteiger partial charge is 0.310 e. The van der Waals surface area contributed by atoms with E-state index in [1.807, 2.05) is 24.3 Å². The summed E-state index contributed by atoms with van der Waals surface area (Å²) >= 11 is 0. The summed E-state index contributed by atoms with van der Waals surface area (Å²) in [6.07, 6.45) is 4.75. The van der Waals surface area contributed by atoms with Gasteiger partial charge < -0.3 is 15.2 Å². The SMILES string of the molecule is COc1ccccc1CCC(=O)NC1C=CC(C(=O)O)C1. The highest BCUT2D eigenvalue weighted by Crippen LogP contribution is 2.20. The number of nitrogens with one attached hydrogen (secondary N) is 1. The molecule has 0 heterocycles. The zero-order chi connectivity index (χ0) is 15.2. The predicted octanol–water partition coefficient (Wildman–Crippen LogP) is 1.77. The van der Waals surface area contributed by atoms with Crippen molar-refractivity contribution < 1.29 is 19.4 Å². The molecule has 21 heavy (non-hydrogen) atoms. The van der Waals surface area contributed by atoms with Crippen molar-refractivity contribution in [3.8, 4) is 5.75 Å². The first-order chi connectivity index (χ1) is 10.1. The average Bonchev–Trinajstić information content (AvgIpc) is 2.94. The van der Waals surface area contributed by atoms with Crippen molar-refractivity contribution in [3.05, 3.63) is 42.0 Å². The number of para-hydroxylation sites is 1. The number of carbonyl (C=O) groups excluding carboxylic acids is 1. The Morgan fingerprint density at radius 3 is 2.76 bits per heavy atom. The van der Waals surface area contributed by atoms with Crippen LogP contribution < -0.4 is 10.1 Å². The molecule has 2 rings (SSSR count). The second kappa shape index (κ2) is 6.92. The zero-order valence-electron chi connectivity index (χ0n) is 11.9. The topological polar surface area (TPSA) is 75.6 Å². The van der Waals surface area contributed by atoms with E-state index in [0.29, 0.717) is 19.3 Å². The van der Waals surface area contributed by atoms with E-state index >= 15 is 0 Å². The Labute approximate surface area is 123 Å². The summed E-state index contributed by atoms with van der Waals surface area (Å²) in [6.45, 7) is 0. The van der Waals surface area contributed by atoms with E-state index in [0.717, 1.165) is 11.3 Å². The number of carboxylic acids is 1. The number of carbonyl (C=O) groups is 2. The molecule has 0 fully saturated rings. The van der Waals surface area contributed by atoms with Crippen LogP contribution in [0.3, 0.4) is 0 Å². The third-order valence-electron chi connectivity index (χ3n) is 3.56. The molecule has 1 aliphatic rings. The summed E-state index contributed by atoms with van der Waals surface area (Å²) in [5.41, 5.74) is 0.987. The number of amides is 1. The van der Waals surface area contributed by atoms with Crippen LogP contribution in [0.2, 0.25) is 0 Å². The normalized spacial score (nSPS) is 20.2. The minimum Gasteiger partial charge on any atom is -0.496 e. The third kappa shape index (κ3) is 4.08. The summed E-state index contributed by atoms with van der Waals surface area (Å²) in [5, 5.41) is 11.7. The van der Waals surface area contributed by atoms with E-state index in [4.69, 9.17) is 9.84 Å². The molecule has 2 unspecified atom stereocenters. The molecule has 112 valence electrons. The van der Waals surface area contributed by atoms with E-state index < -0.39 is 11.9 Å². The van der Waals surface area contributed by atoms with Crippen molar-refractivity contribution >= 4 is 11.9 Å². The summed E-state index contributed by atoms with van der Waals surface area (Å²) in [5.74, 6) is -0.653. The Kier molecular flexibility index (Phi) is 4.98. The molecule has 5 nitrogen and oxygen atoms in total. The molecule has 1 aromatic rings. The van der Waals surface area contributed by atoms with Crippen molar-refractivity contribution in [1.82, 2.24) is 5.32 Å². The van der Waals surface area contributed by atoms with Gasteiger partial charge in [0.25, 0.3) is 0 Å². The van der Waals surface area contributed by atoms with Gasteiger partial charge in [-0.2, -0.15) is 0 Å². The summed E-state index contributed by atoms with van der Waals surface area (Å²) < 4.78 is 5.24. The van der Waals surface area contributed by atoms with Crippen LogP contribution in [0.4, 0.5) is 0 Å². The molecule has 1 aromatic carbocycles. The van der Waals surface area contributed by atoms with Gasteiger partial charge in [-0.25, -0.2) is 0 Å². The second-order valence-corrected chi connectivity index (χ2v) is 5.05. The Hall–Kier alpha value is -2.30. The molecule has 0 bridgehead atoms. The lowest BCUT2D eigenvalue weighted by atomic mass is 10.1. The second-order valence-electron chi connectivity index (χ2n) is 5.05. The lowest BCUT2D eigenvalue weighted by Gasteiger charge is -2.13. The van der Waals surface area contributed by atoms with Crippen LogP contribution in [-0.2, 0) is 16.0 Å². The Balaban J connectivity index is 1.81. The molecule has 0 saturated heterocycles. The molecule has 0 aliphatic heterocycles. The van der Waals surface area contributed by atoms with Gasteiger partial charge in [0.15, 0.2) is 0 Å². The molecule has 0 aromatic heterocycles. The number of benzene rings is 1. The fourth-order valence-electron chi connectivity index (χ4n) is 2.43. The summed E-state index contributed by atoms with van der Waals surface area (Å²) in [7, 11) is 1.61. The van der Waals surface area contributed by atoms with Crippen LogP contribution in [0.25, 0.3) is 0 Å². The van der Waals surface area contributed by atoms with Crippen molar-refractivity contribution in [2.45, 2.75) is 25.3 Å². The number of hydrogen-bond donors (Lipinski definition) is 2.